The highest BCUT2D eigenvalue weighted by Crippen LogP contribution is 2.22. The molecule has 3 aromatic rings. The number of fused-ring (bicyclic) bond motifs is 1. The van der Waals surface area contributed by atoms with Gasteiger partial charge in [0.2, 0.25) is 0 Å². The number of hydrogen-bond donors (Lipinski definition) is 0. The Labute approximate surface area is 135 Å². The average Bonchev–Trinajstić information content (AvgIpc) is 2.90. The van der Waals surface area contributed by atoms with Gasteiger partial charge in [-0.05, 0) is 37.6 Å². The third kappa shape index (κ3) is 3.54. The molecule has 2 heterocycles. The lowest BCUT2D eigenvalue weighted by atomic mass is 10.1. The fourth-order valence-corrected chi connectivity index (χ4v) is 2.71. The van der Waals surface area contributed by atoms with E-state index in [9.17, 15) is 9.59 Å². The van der Waals surface area contributed by atoms with E-state index in [1.165, 1.54) is 29.5 Å². The molecule has 0 unspecified atom stereocenters. The zero-order valence-electron chi connectivity index (χ0n) is 12.5. The Bertz CT molecular complexity index is 968. The largest absolute Gasteiger partial charge is 0.423 e. The number of aromatic nitrogens is 1. The summed E-state index contributed by atoms with van der Waals surface area (Å²) in [6.45, 7) is 3.72. The van der Waals surface area contributed by atoms with Crippen LogP contribution in [0.15, 0.2) is 44.9 Å². The minimum atomic E-state index is -0.523. The lowest BCUT2D eigenvalue weighted by Crippen LogP contribution is -2.04. The number of aryl methyl sites for hydroxylation is 2. The lowest BCUT2D eigenvalue weighted by Gasteiger charge is -2.04. The number of carbonyl (C=O) groups is 1. The molecule has 23 heavy (non-hydrogen) atoms. The van der Waals surface area contributed by atoms with Crippen LogP contribution in [0, 0.1) is 13.8 Å². The molecule has 0 aliphatic heterocycles. The van der Waals surface area contributed by atoms with Gasteiger partial charge in [0, 0.05) is 29.0 Å². The molecule has 0 radical (unpaired) electrons. The van der Waals surface area contributed by atoms with Crippen LogP contribution in [0.4, 0.5) is 0 Å². The first kappa shape index (κ1) is 15.2. The van der Waals surface area contributed by atoms with E-state index in [-0.39, 0.29) is 0 Å². The summed E-state index contributed by atoms with van der Waals surface area (Å²) in [5, 5.41) is 3.59. The summed E-state index contributed by atoms with van der Waals surface area (Å²) in [6.07, 6.45) is 2.91. The molecule has 6 heteroatoms. The van der Waals surface area contributed by atoms with E-state index in [0.717, 1.165) is 16.0 Å². The van der Waals surface area contributed by atoms with Crippen LogP contribution < -0.4 is 10.4 Å². The van der Waals surface area contributed by atoms with Gasteiger partial charge in [-0.15, -0.1) is 11.3 Å². The van der Waals surface area contributed by atoms with Gasteiger partial charge in [-0.2, -0.15) is 0 Å². The second-order valence-corrected chi connectivity index (χ2v) is 6.01. The highest BCUT2D eigenvalue weighted by Gasteiger charge is 2.06. The normalized spacial score (nSPS) is 11.2. The van der Waals surface area contributed by atoms with Crippen LogP contribution in [0.25, 0.3) is 17.0 Å². The molecular formula is C17H13NO4S. The second kappa shape index (κ2) is 6.18. The van der Waals surface area contributed by atoms with Crippen molar-refractivity contribution in [2.24, 2.45) is 0 Å². The van der Waals surface area contributed by atoms with Crippen molar-refractivity contribution in [2.45, 2.75) is 13.8 Å². The van der Waals surface area contributed by atoms with Gasteiger partial charge >= 0.3 is 11.6 Å². The molecule has 116 valence electrons. The number of rotatable bonds is 3. The van der Waals surface area contributed by atoms with Crippen LogP contribution in [-0.4, -0.2) is 11.0 Å². The molecule has 0 saturated carbocycles. The number of hydrogen-bond acceptors (Lipinski definition) is 6. The molecule has 0 aliphatic rings. The monoisotopic (exact) mass is 327 g/mol. The van der Waals surface area contributed by atoms with Crippen LogP contribution in [0.3, 0.4) is 0 Å². The molecule has 5 nitrogen and oxygen atoms in total. The number of ether oxygens (including phenoxy) is 1. The maximum absolute atomic E-state index is 11.8. The van der Waals surface area contributed by atoms with E-state index in [0.29, 0.717) is 17.0 Å². The van der Waals surface area contributed by atoms with Gasteiger partial charge in [0.15, 0.2) is 0 Å². The Morgan fingerprint density at radius 3 is 2.87 bits per heavy atom. The summed E-state index contributed by atoms with van der Waals surface area (Å²) in [7, 11) is 0. The van der Waals surface area contributed by atoms with Gasteiger partial charge in [-0.3, -0.25) is 0 Å². The topological polar surface area (TPSA) is 69.4 Å². The smallest absolute Gasteiger partial charge is 0.336 e. The Balaban J connectivity index is 1.79. The maximum Gasteiger partial charge on any atom is 0.336 e. The molecule has 0 bridgehead atoms. The van der Waals surface area contributed by atoms with Crippen molar-refractivity contribution in [1.29, 1.82) is 0 Å². The van der Waals surface area contributed by atoms with Crippen molar-refractivity contribution in [3.05, 3.63) is 62.4 Å². The summed E-state index contributed by atoms with van der Waals surface area (Å²) in [4.78, 5) is 27.5. The molecule has 0 spiro atoms. The van der Waals surface area contributed by atoms with Gasteiger partial charge in [0.05, 0.1) is 10.7 Å². The Morgan fingerprint density at radius 2 is 2.13 bits per heavy atom. The van der Waals surface area contributed by atoms with Crippen molar-refractivity contribution in [3.8, 4) is 5.75 Å². The van der Waals surface area contributed by atoms with E-state index in [4.69, 9.17) is 9.15 Å². The minimum Gasteiger partial charge on any atom is -0.423 e. The molecule has 3 rings (SSSR count). The lowest BCUT2D eigenvalue weighted by molar-refractivity contribution is -0.128. The fourth-order valence-electron chi connectivity index (χ4n) is 2.13. The molecule has 0 amide bonds. The molecule has 0 atom stereocenters. The van der Waals surface area contributed by atoms with Gasteiger partial charge in [0.1, 0.15) is 11.3 Å². The predicted octanol–water partition coefficient (Wildman–Crippen LogP) is 3.49. The Morgan fingerprint density at radius 1 is 1.30 bits per heavy atom. The molecule has 0 fully saturated rings. The first-order valence-corrected chi connectivity index (χ1v) is 7.76. The summed E-state index contributed by atoms with van der Waals surface area (Å²) in [5.41, 5.74) is 1.48. The third-order valence-electron chi connectivity index (χ3n) is 3.17. The Kier molecular flexibility index (Phi) is 4.08. The van der Waals surface area contributed by atoms with E-state index in [2.05, 4.69) is 4.98 Å². The van der Waals surface area contributed by atoms with Crippen molar-refractivity contribution < 1.29 is 13.9 Å². The predicted molar refractivity (Wildman–Crippen MR) is 88.7 cm³/mol. The highest BCUT2D eigenvalue weighted by atomic mass is 32.1. The van der Waals surface area contributed by atoms with Crippen molar-refractivity contribution in [1.82, 2.24) is 4.98 Å². The van der Waals surface area contributed by atoms with E-state index >= 15 is 0 Å². The SMILES string of the molecule is Cc1nc(/C=C/C(=O)Oc2ccc3c(C)cc(=O)oc3c2)cs1. The summed E-state index contributed by atoms with van der Waals surface area (Å²) in [6, 6.07) is 6.37. The van der Waals surface area contributed by atoms with Gasteiger partial charge in [0.25, 0.3) is 0 Å². The molecule has 0 saturated heterocycles. The maximum atomic E-state index is 11.8. The number of thiazole rings is 1. The number of benzene rings is 1. The molecule has 0 N–H and O–H groups in total. The summed E-state index contributed by atoms with van der Waals surface area (Å²) < 4.78 is 10.3. The van der Waals surface area contributed by atoms with E-state index < -0.39 is 11.6 Å². The van der Waals surface area contributed by atoms with Crippen LogP contribution >= 0.6 is 11.3 Å². The molecule has 1 aromatic carbocycles. The minimum absolute atomic E-state index is 0.315. The van der Waals surface area contributed by atoms with Gasteiger partial charge in [-0.1, -0.05) is 0 Å². The highest BCUT2D eigenvalue weighted by molar-refractivity contribution is 7.09. The fraction of sp³-hybridized carbons (Fsp3) is 0.118. The van der Waals surface area contributed by atoms with Crippen LogP contribution in [0.5, 0.6) is 5.75 Å². The van der Waals surface area contributed by atoms with Crippen LogP contribution in [-0.2, 0) is 4.79 Å². The Hall–Kier alpha value is -2.73. The number of esters is 1. The number of carbonyl (C=O) groups excluding carboxylic acids is 1. The number of nitrogens with zero attached hydrogens (tertiary/aromatic N) is 1. The first-order chi connectivity index (χ1) is 11.0. The van der Waals surface area contributed by atoms with Gasteiger partial charge < -0.3 is 9.15 Å². The summed E-state index contributed by atoms with van der Waals surface area (Å²) in [5.74, 6) is -0.208. The second-order valence-electron chi connectivity index (χ2n) is 4.95. The summed E-state index contributed by atoms with van der Waals surface area (Å²) >= 11 is 1.51. The van der Waals surface area contributed by atoms with Crippen molar-refractivity contribution in [2.75, 3.05) is 0 Å². The molecular weight excluding hydrogens is 314 g/mol. The van der Waals surface area contributed by atoms with E-state index in [1.54, 1.807) is 18.2 Å². The van der Waals surface area contributed by atoms with Crippen LogP contribution in [0.1, 0.15) is 16.3 Å². The standard InChI is InChI=1S/C17H13NO4S/c1-10-7-17(20)22-15-8-13(4-5-14(10)15)21-16(19)6-3-12-9-23-11(2)18-12/h3-9H,1-2H3/b6-3+. The molecule has 2 aromatic heterocycles. The van der Waals surface area contributed by atoms with E-state index in [1.807, 2.05) is 19.2 Å². The zero-order valence-corrected chi connectivity index (χ0v) is 13.3. The quantitative estimate of drug-likeness (QED) is 0.319. The molecule has 0 aliphatic carbocycles. The zero-order chi connectivity index (χ0) is 16.4. The third-order valence-corrected chi connectivity index (χ3v) is 3.96. The van der Waals surface area contributed by atoms with Crippen LogP contribution in [0.2, 0.25) is 0 Å². The first-order valence-electron chi connectivity index (χ1n) is 6.88. The van der Waals surface area contributed by atoms with Gasteiger partial charge in [-0.25, -0.2) is 14.6 Å². The van der Waals surface area contributed by atoms with Crippen molar-refractivity contribution >= 4 is 34.4 Å². The van der Waals surface area contributed by atoms with Crippen molar-refractivity contribution in [3.63, 3.8) is 0 Å². The average molecular weight is 327 g/mol.